The summed E-state index contributed by atoms with van der Waals surface area (Å²) in [5, 5.41) is 0. The van der Waals surface area contributed by atoms with E-state index in [0.717, 1.165) is 13.0 Å². The average molecular weight is 161 g/mol. The maximum Gasteiger partial charge on any atom is 0.0508 e. The highest BCUT2D eigenvalue weighted by molar-refractivity contribution is 5.14. The summed E-state index contributed by atoms with van der Waals surface area (Å²) in [6.07, 6.45) is 13.3. The summed E-state index contributed by atoms with van der Waals surface area (Å²) in [4.78, 5) is 2.24. The monoisotopic (exact) mass is 161 g/mol. The lowest BCUT2D eigenvalue weighted by molar-refractivity contribution is 0.348. The van der Waals surface area contributed by atoms with Crippen molar-refractivity contribution >= 4 is 0 Å². The van der Waals surface area contributed by atoms with Crippen molar-refractivity contribution in [1.29, 1.82) is 0 Å². The predicted octanol–water partition coefficient (Wildman–Crippen LogP) is 2.50. The Hall–Kier alpha value is -1.24. The third kappa shape index (κ3) is 2.12. The molecular weight excluding hydrogens is 146 g/mol. The van der Waals surface area contributed by atoms with E-state index in [1.54, 1.807) is 0 Å². The minimum absolute atomic E-state index is 0.463. The Morgan fingerprint density at radius 2 is 2.08 bits per heavy atom. The summed E-state index contributed by atoms with van der Waals surface area (Å²) < 4.78 is 0. The SMILES string of the molecule is C=CCC1C=CC=CN1CC=C. The van der Waals surface area contributed by atoms with Crippen LogP contribution in [0.2, 0.25) is 0 Å². The van der Waals surface area contributed by atoms with Crippen LogP contribution in [0.3, 0.4) is 0 Å². The molecule has 64 valence electrons. The Bertz CT molecular complexity index is 189. The van der Waals surface area contributed by atoms with Crippen molar-refractivity contribution in [3.8, 4) is 0 Å². The van der Waals surface area contributed by atoms with E-state index in [1.807, 2.05) is 18.2 Å². The Morgan fingerprint density at radius 1 is 1.25 bits per heavy atom. The molecule has 0 radical (unpaired) electrons. The summed E-state index contributed by atoms with van der Waals surface area (Å²) in [5.41, 5.74) is 0. The van der Waals surface area contributed by atoms with Gasteiger partial charge in [0.2, 0.25) is 0 Å². The normalized spacial score (nSPS) is 21.0. The largest absolute Gasteiger partial charge is 0.367 e. The maximum absolute atomic E-state index is 3.74. The first kappa shape index (κ1) is 8.85. The second-order valence-corrected chi connectivity index (χ2v) is 2.80. The van der Waals surface area contributed by atoms with Crippen molar-refractivity contribution in [3.05, 3.63) is 49.7 Å². The molecule has 1 unspecified atom stereocenters. The molecule has 0 N–H and O–H groups in total. The van der Waals surface area contributed by atoms with E-state index >= 15 is 0 Å². The highest BCUT2D eigenvalue weighted by atomic mass is 15.1. The van der Waals surface area contributed by atoms with Crippen LogP contribution in [-0.4, -0.2) is 17.5 Å². The van der Waals surface area contributed by atoms with Crippen LogP contribution in [0.5, 0.6) is 0 Å². The van der Waals surface area contributed by atoms with E-state index in [1.165, 1.54) is 0 Å². The molecule has 0 saturated heterocycles. The average Bonchev–Trinajstić information content (AvgIpc) is 2.09. The van der Waals surface area contributed by atoms with Gasteiger partial charge in [0, 0.05) is 6.54 Å². The third-order valence-electron chi connectivity index (χ3n) is 1.90. The minimum Gasteiger partial charge on any atom is -0.367 e. The van der Waals surface area contributed by atoms with Crippen LogP contribution in [0, 0.1) is 0 Å². The van der Waals surface area contributed by atoms with Crippen molar-refractivity contribution in [3.63, 3.8) is 0 Å². The van der Waals surface area contributed by atoms with E-state index in [-0.39, 0.29) is 0 Å². The van der Waals surface area contributed by atoms with Gasteiger partial charge in [0.05, 0.1) is 6.04 Å². The number of allylic oxidation sites excluding steroid dienone is 2. The van der Waals surface area contributed by atoms with Crippen molar-refractivity contribution in [1.82, 2.24) is 4.90 Å². The number of rotatable bonds is 4. The molecule has 1 aliphatic rings. The highest BCUT2D eigenvalue weighted by Gasteiger charge is 2.10. The van der Waals surface area contributed by atoms with Crippen LogP contribution in [0.4, 0.5) is 0 Å². The zero-order valence-corrected chi connectivity index (χ0v) is 7.32. The smallest absolute Gasteiger partial charge is 0.0508 e. The van der Waals surface area contributed by atoms with Gasteiger partial charge in [0.1, 0.15) is 0 Å². The molecule has 0 saturated carbocycles. The van der Waals surface area contributed by atoms with Crippen LogP contribution in [0.1, 0.15) is 6.42 Å². The van der Waals surface area contributed by atoms with Gasteiger partial charge >= 0.3 is 0 Å². The molecule has 12 heavy (non-hydrogen) atoms. The molecule has 0 aliphatic carbocycles. The van der Waals surface area contributed by atoms with Crippen LogP contribution in [0.15, 0.2) is 49.7 Å². The summed E-state index contributed by atoms with van der Waals surface area (Å²) >= 11 is 0. The van der Waals surface area contributed by atoms with Crippen LogP contribution >= 0.6 is 0 Å². The first-order valence-electron chi connectivity index (χ1n) is 4.21. The maximum atomic E-state index is 3.74. The zero-order valence-electron chi connectivity index (χ0n) is 7.32. The molecule has 0 aromatic rings. The quantitative estimate of drug-likeness (QED) is 0.573. The topological polar surface area (TPSA) is 3.24 Å². The first-order chi connectivity index (χ1) is 5.88. The molecule has 1 atom stereocenters. The second kappa shape index (κ2) is 4.60. The molecule has 1 heteroatoms. The Balaban J connectivity index is 2.56. The van der Waals surface area contributed by atoms with Crippen molar-refractivity contribution in [2.75, 3.05) is 6.54 Å². The van der Waals surface area contributed by atoms with Crippen molar-refractivity contribution in [2.45, 2.75) is 12.5 Å². The van der Waals surface area contributed by atoms with Gasteiger partial charge in [-0.3, -0.25) is 0 Å². The highest BCUT2D eigenvalue weighted by Crippen LogP contribution is 2.11. The van der Waals surface area contributed by atoms with Gasteiger partial charge in [-0.15, -0.1) is 13.2 Å². The fourth-order valence-electron chi connectivity index (χ4n) is 1.30. The van der Waals surface area contributed by atoms with Gasteiger partial charge in [0.25, 0.3) is 0 Å². The molecule has 0 fully saturated rings. The lowest BCUT2D eigenvalue weighted by Gasteiger charge is -2.28. The van der Waals surface area contributed by atoms with Gasteiger partial charge in [-0.25, -0.2) is 0 Å². The molecule has 1 rings (SSSR count). The lowest BCUT2D eigenvalue weighted by Crippen LogP contribution is -2.30. The summed E-state index contributed by atoms with van der Waals surface area (Å²) in [6.45, 7) is 8.36. The fourth-order valence-corrected chi connectivity index (χ4v) is 1.30. The van der Waals surface area contributed by atoms with Crippen molar-refractivity contribution < 1.29 is 0 Å². The molecule has 0 bridgehead atoms. The predicted molar refractivity (Wildman–Crippen MR) is 53.8 cm³/mol. The number of hydrogen-bond donors (Lipinski definition) is 0. The fraction of sp³-hybridized carbons (Fsp3) is 0.273. The third-order valence-corrected chi connectivity index (χ3v) is 1.90. The van der Waals surface area contributed by atoms with Gasteiger partial charge in [-0.1, -0.05) is 24.3 Å². The number of nitrogens with zero attached hydrogens (tertiary/aromatic N) is 1. The van der Waals surface area contributed by atoms with E-state index in [0.29, 0.717) is 6.04 Å². The zero-order chi connectivity index (χ0) is 8.81. The molecular formula is C11H15N. The molecule has 0 amide bonds. The van der Waals surface area contributed by atoms with Gasteiger partial charge < -0.3 is 4.90 Å². The molecule has 1 aliphatic heterocycles. The van der Waals surface area contributed by atoms with Crippen molar-refractivity contribution in [2.24, 2.45) is 0 Å². The summed E-state index contributed by atoms with van der Waals surface area (Å²) in [5.74, 6) is 0. The van der Waals surface area contributed by atoms with Crippen LogP contribution in [-0.2, 0) is 0 Å². The first-order valence-corrected chi connectivity index (χ1v) is 4.21. The molecule has 0 aromatic carbocycles. The Morgan fingerprint density at radius 3 is 2.75 bits per heavy atom. The second-order valence-electron chi connectivity index (χ2n) is 2.80. The van der Waals surface area contributed by atoms with E-state index < -0.39 is 0 Å². The van der Waals surface area contributed by atoms with Gasteiger partial charge in [-0.2, -0.15) is 0 Å². The summed E-state index contributed by atoms with van der Waals surface area (Å²) in [7, 11) is 0. The van der Waals surface area contributed by atoms with Gasteiger partial charge in [0.15, 0.2) is 0 Å². The molecule has 1 heterocycles. The van der Waals surface area contributed by atoms with Crippen LogP contribution < -0.4 is 0 Å². The van der Waals surface area contributed by atoms with Gasteiger partial charge in [-0.05, 0) is 18.7 Å². The standard InChI is InChI=1S/C11H15N/c1-3-7-11-8-5-6-10-12(11)9-4-2/h3-6,8,10-11H,1-2,7,9H2. The molecule has 0 aromatic heterocycles. The Labute approximate surface area is 74.4 Å². The van der Waals surface area contributed by atoms with Crippen LogP contribution in [0.25, 0.3) is 0 Å². The van der Waals surface area contributed by atoms with E-state index in [9.17, 15) is 0 Å². The number of hydrogen-bond acceptors (Lipinski definition) is 1. The minimum atomic E-state index is 0.463. The summed E-state index contributed by atoms with van der Waals surface area (Å²) in [6, 6.07) is 0.463. The van der Waals surface area contributed by atoms with E-state index in [4.69, 9.17) is 0 Å². The molecule has 1 nitrogen and oxygen atoms in total. The van der Waals surface area contributed by atoms with E-state index in [2.05, 4.69) is 36.4 Å². The lowest BCUT2D eigenvalue weighted by atomic mass is 10.1. The molecule has 0 spiro atoms. The Kier molecular flexibility index (Phi) is 3.39.